The molecular weight excluding hydrogens is 442 g/mol. The second-order valence-electron chi connectivity index (χ2n) is 5.73. The summed E-state index contributed by atoms with van der Waals surface area (Å²) in [5.41, 5.74) is 1.05. The van der Waals surface area contributed by atoms with E-state index < -0.39 is 11.1 Å². The summed E-state index contributed by atoms with van der Waals surface area (Å²) in [6.45, 7) is -0.222. The van der Waals surface area contributed by atoms with Gasteiger partial charge in [0, 0.05) is 15.6 Å². The first-order valence-corrected chi connectivity index (χ1v) is 9.80. The Morgan fingerprint density at radius 2 is 1.96 bits per heavy atom. The molecule has 2 amide bonds. The molecule has 0 atom stereocenters. The van der Waals surface area contributed by atoms with Crippen LogP contribution >= 0.6 is 27.7 Å². The molecular formula is C21H14BrNO4S. The van der Waals surface area contributed by atoms with Crippen LogP contribution in [0.2, 0.25) is 0 Å². The number of amides is 2. The average Bonchev–Trinajstić information content (AvgIpc) is 2.95. The fourth-order valence-corrected chi connectivity index (χ4v) is 3.73. The molecule has 5 nitrogen and oxygen atoms in total. The van der Waals surface area contributed by atoms with E-state index in [0.717, 1.165) is 21.1 Å². The first kappa shape index (κ1) is 19.9. The second-order valence-corrected chi connectivity index (χ2v) is 7.64. The van der Waals surface area contributed by atoms with Crippen LogP contribution in [-0.4, -0.2) is 35.0 Å². The summed E-state index contributed by atoms with van der Waals surface area (Å²) >= 11 is 4.16. The van der Waals surface area contributed by atoms with Gasteiger partial charge in [0.15, 0.2) is 5.78 Å². The van der Waals surface area contributed by atoms with E-state index >= 15 is 0 Å². The molecule has 0 spiro atoms. The number of hydrogen-bond donors (Lipinski definition) is 0. The van der Waals surface area contributed by atoms with Crippen molar-refractivity contribution >= 4 is 50.7 Å². The third-order valence-electron chi connectivity index (χ3n) is 3.84. The number of halogens is 1. The van der Waals surface area contributed by atoms with Gasteiger partial charge >= 0.3 is 0 Å². The molecule has 1 fully saturated rings. The Balaban J connectivity index is 1.83. The van der Waals surface area contributed by atoms with Gasteiger partial charge in [-0.3, -0.25) is 19.3 Å². The molecule has 1 heterocycles. The number of terminal acetylenes is 1. The Hall–Kier alpha value is -2.82. The van der Waals surface area contributed by atoms with Crippen LogP contribution in [0.15, 0.2) is 57.9 Å². The van der Waals surface area contributed by atoms with Crippen LogP contribution in [0.25, 0.3) is 6.08 Å². The number of ketones is 1. The molecule has 2 aromatic carbocycles. The fraction of sp³-hybridized carbons (Fsp3) is 0.0952. The lowest BCUT2D eigenvalue weighted by molar-refractivity contribution is -0.122. The molecule has 7 heteroatoms. The predicted octanol–water partition coefficient (Wildman–Crippen LogP) is 4.38. The summed E-state index contributed by atoms with van der Waals surface area (Å²) in [6.07, 6.45) is 6.80. The molecule has 1 aliphatic heterocycles. The molecule has 0 aromatic heterocycles. The highest BCUT2D eigenvalue weighted by Crippen LogP contribution is 2.35. The maximum absolute atomic E-state index is 12.7. The smallest absolute Gasteiger partial charge is 0.293 e. The zero-order chi connectivity index (χ0) is 20.1. The summed E-state index contributed by atoms with van der Waals surface area (Å²) in [5.74, 6) is 2.07. The van der Waals surface area contributed by atoms with E-state index in [1.165, 1.54) is 0 Å². The van der Waals surface area contributed by atoms with Gasteiger partial charge in [-0.15, -0.1) is 6.42 Å². The molecule has 1 saturated heterocycles. The lowest BCUT2D eigenvalue weighted by Gasteiger charge is -2.11. The van der Waals surface area contributed by atoms with Crippen LogP contribution in [-0.2, 0) is 4.79 Å². The Morgan fingerprint density at radius 3 is 2.68 bits per heavy atom. The number of carbonyl (C=O) groups excluding carboxylic acids is 3. The van der Waals surface area contributed by atoms with Crippen LogP contribution in [0.3, 0.4) is 0 Å². The monoisotopic (exact) mass is 455 g/mol. The van der Waals surface area contributed by atoms with E-state index in [-0.39, 0.29) is 23.8 Å². The number of carbonyl (C=O) groups is 3. The first-order chi connectivity index (χ1) is 13.5. The van der Waals surface area contributed by atoms with Crippen molar-refractivity contribution < 1.29 is 19.1 Å². The van der Waals surface area contributed by atoms with Crippen molar-refractivity contribution in [1.82, 2.24) is 4.90 Å². The van der Waals surface area contributed by atoms with Crippen molar-refractivity contribution in [3.8, 4) is 18.1 Å². The summed E-state index contributed by atoms with van der Waals surface area (Å²) in [6, 6.07) is 13.8. The molecule has 0 aliphatic carbocycles. The summed E-state index contributed by atoms with van der Waals surface area (Å²) in [5, 5.41) is -0.485. The van der Waals surface area contributed by atoms with Crippen molar-refractivity contribution in [3.05, 3.63) is 69.0 Å². The number of Topliss-reactive ketones (excluding diaryl/α,β-unsaturated/α-hetero) is 1. The van der Waals surface area contributed by atoms with E-state index in [2.05, 4.69) is 21.9 Å². The Morgan fingerprint density at radius 1 is 1.21 bits per heavy atom. The minimum absolute atomic E-state index is 0.0789. The summed E-state index contributed by atoms with van der Waals surface area (Å²) in [4.78, 5) is 38.5. The van der Waals surface area contributed by atoms with Crippen LogP contribution in [0.4, 0.5) is 4.79 Å². The van der Waals surface area contributed by atoms with Gasteiger partial charge in [-0.2, -0.15) is 0 Å². The topological polar surface area (TPSA) is 63.7 Å². The molecule has 2 aromatic rings. The Bertz CT molecular complexity index is 1010. The van der Waals surface area contributed by atoms with Gasteiger partial charge in [0.1, 0.15) is 12.4 Å². The maximum atomic E-state index is 12.7. The van der Waals surface area contributed by atoms with Gasteiger partial charge in [0.25, 0.3) is 11.1 Å². The average molecular weight is 456 g/mol. The lowest BCUT2D eigenvalue weighted by atomic mass is 10.1. The lowest BCUT2D eigenvalue weighted by Crippen LogP contribution is -2.33. The molecule has 1 aliphatic rings. The van der Waals surface area contributed by atoms with Gasteiger partial charge in [0.2, 0.25) is 0 Å². The summed E-state index contributed by atoms with van der Waals surface area (Å²) in [7, 11) is 0. The molecule has 140 valence electrons. The van der Waals surface area contributed by atoms with Crippen molar-refractivity contribution in [2.24, 2.45) is 0 Å². The van der Waals surface area contributed by atoms with Gasteiger partial charge in [0.05, 0.1) is 11.4 Å². The van der Waals surface area contributed by atoms with Gasteiger partial charge < -0.3 is 4.74 Å². The fourth-order valence-electron chi connectivity index (χ4n) is 2.52. The van der Waals surface area contributed by atoms with Crippen LogP contribution in [0, 0.1) is 12.3 Å². The third kappa shape index (κ3) is 4.53. The zero-order valence-electron chi connectivity index (χ0n) is 14.6. The number of rotatable bonds is 6. The van der Waals surface area contributed by atoms with Gasteiger partial charge in [-0.05, 0) is 36.0 Å². The highest BCUT2D eigenvalue weighted by Gasteiger charge is 2.36. The molecule has 0 bridgehead atoms. The van der Waals surface area contributed by atoms with Crippen LogP contribution in [0.5, 0.6) is 5.75 Å². The van der Waals surface area contributed by atoms with Crippen molar-refractivity contribution in [1.29, 1.82) is 0 Å². The number of imide groups is 1. The van der Waals surface area contributed by atoms with Crippen LogP contribution in [0.1, 0.15) is 15.9 Å². The quantitative estimate of drug-likeness (QED) is 0.367. The first-order valence-electron chi connectivity index (χ1n) is 8.19. The summed E-state index contributed by atoms with van der Waals surface area (Å²) < 4.78 is 6.27. The largest absolute Gasteiger partial charge is 0.480 e. The molecule has 0 saturated carbocycles. The highest BCUT2D eigenvalue weighted by molar-refractivity contribution is 9.10. The van der Waals surface area contributed by atoms with Gasteiger partial charge in [-0.25, -0.2) is 0 Å². The van der Waals surface area contributed by atoms with Crippen molar-refractivity contribution in [3.63, 3.8) is 0 Å². The SMILES string of the molecule is C#CCOc1ccc(Br)cc1/C=C1\SC(=O)N(CC(=O)c2ccccc2)C1=O. The maximum Gasteiger partial charge on any atom is 0.293 e. The number of benzene rings is 2. The Kier molecular flexibility index (Phi) is 6.34. The normalized spacial score (nSPS) is 15.0. The number of ether oxygens (including phenoxy) is 1. The zero-order valence-corrected chi connectivity index (χ0v) is 17.0. The van der Waals surface area contributed by atoms with E-state index in [0.29, 0.717) is 16.9 Å². The molecule has 0 N–H and O–H groups in total. The van der Waals surface area contributed by atoms with E-state index in [9.17, 15) is 14.4 Å². The van der Waals surface area contributed by atoms with E-state index in [1.54, 1.807) is 54.6 Å². The molecule has 28 heavy (non-hydrogen) atoms. The number of thioether (sulfide) groups is 1. The third-order valence-corrected chi connectivity index (χ3v) is 5.24. The van der Waals surface area contributed by atoms with Crippen molar-refractivity contribution in [2.45, 2.75) is 0 Å². The van der Waals surface area contributed by atoms with Crippen LogP contribution < -0.4 is 4.74 Å². The number of nitrogens with zero attached hydrogens (tertiary/aromatic N) is 1. The van der Waals surface area contributed by atoms with Crippen molar-refractivity contribution in [2.75, 3.05) is 13.2 Å². The highest BCUT2D eigenvalue weighted by atomic mass is 79.9. The second kappa shape index (κ2) is 8.91. The Labute approximate surface area is 174 Å². The van der Waals surface area contributed by atoms with E-state index in [1.807, 2.05) is 0 Å². The number of hydrogen-bond acceptors (Lipinski definition) is 5. The minimum Gasteiger partial charge on any atom is -0.480 e. The van der Waals surface area contributed by atoms with E-state index in [4.69, 9.17) is 11.2 Å². The standard InChI is InChI=1S/C21H14BrNO4S/c1-2-10-27-18-9-8-16(22)11-15(18)12-19-20(25)23(21(26)28-19)13-17(24)14-6-4-3-5-7-14/h1,3-9,11-12H,10,13H2/b19-12-. The van der Waals surface area contributed by atoms with Gasteiger partial charge in [-0.1, -0.05) is 52.2 Å². The predicted molar refractivity (Wildman–Crippen MR) is 112 cm³/mol. The molecule has 0 unspecified atom stereocenters. The molecule has 3 rings (SSSR count). The minimum atomic E-state index is -0.512. The molecule has 0 radical (unpaired) electrons.